The fraction of sp³-hybridized carbons (Fsp3) is 1.00. The Morgan fingerprint density at radius 1 is 0.369 bits per heavy atom. The number of aliphatic hydroxyl groups excluding tert-OH is 5. The molecule has 0 heterocycles. The van der Waals surface area contributed by atoms with Gasteiger partial charge in [0.15, 0.2) is 10.7 Å². The molecular weight excluding hydrogens is 1190 g/mol. The molecule has 0 saturated heterocycles. The van der Waals surface area contributed by atoms with Crippen LogP contribution in [0, 0.1) is 19.9 Å². The summed E-state index contributed by atoms with van der Waals surface area (Å²) < 4.78 is 32.3. The molecular formula is C42H118N15O24P3. The highest BCUT2D eigenvalue weighted by Gasteiger charge is 2.13. The molecule has 0 aromatic rings. The van der Waals surface area contributed by atoms with Gasteiger partial charge in [0.05, 0.1) is 6.61 Å². The lowest BCUT2D eigenvalue weighted by Crippen LogP contribution is -2.21. The molecule has 39 nitrogen and oxygen atoms in total. The van der Waals surface area contributed by atoms with Gasteiger partial charge in [0, 0.05) is 69.3 Å². The van der Waals surface area contributed by atoms with Crippen LogP contribution in [-0.4, -0.2) is 201 Å². The molecule has 0 aliphatic carbocycles. The van der Waals surface area contributed by atoms with Gasteiger partial charge in [-0.2, -0.15) is 0 Å². The fourth-order valence-electron chi connectivity index (χ4n) is 5.44. The SMILES string of the molecule is NCCCC(N)CCCO.NCCCC(N)CCCO.NCCCC(N)CCCO.NCCCC(N)CCCO.NCCCC(N)CCCO.NCCCC(N)CCCOP(=O)(O)O.O=NO.O=NO.O=P(O)(O)O.O=P(O)(O)O.O=[N+]([O-])O. The van der Waals surface area contributed by atoms with Crippen LogP contribution in [0.25, 0.3) is 0 Å². The van der Waals surface area contributed by atoms with E-state index in [0.717, 1.165) is 141 Å². The molecule has 520 valence electrons. The van der Waals surface area contributed by atoms with E-state index in [1.807, 2.05) is 0 Å². The smallest absolute Gasteiger partial charge is 0.396 e. The van der Waals surface area contributed by atoms with Gasteiger partial charge in [0.1, 0.15) is 0 Å². The van der Waals surface area contributed by atoms with Crippen LogP contribution in [0.1, 0.15) is 154 Å². The van der Waals surface area contributed by atoms with Crippen molar-refractivity contribution in [1.82, 2.24) is 0 Å². The zero-order valence-corrected chi connectivity index (χ0v) is 51.6. The minimum atomic E-state index is -4.64. The zero-order valence-electron chi connectivity index (χ0n) is 49.0. The Hall–Kier alpha value is -2.35. The van der Waals surface area contributed by atoms with Gasteiger partial charge in [0.2, 0.25) is 0 Å². The Bertz CT molecular complexity index is 1180. The van der Waals surface area contributed by atoms with Crippen molar-refractivity contribution in [3.05, 3.63) is 19.9 Å². The lowest BCUT2D eigenvalue weighted by molar-refractivity contribution is -0.742. The molecule has 40 N–H and O–H groups in total. The highest BCUT2D eigenvalue weighted by Crippen LogP contribution is 2.35. The van der Waals surface area contributed by atoms with Gasteiger partial charge in [-0.15, -0.1) is 19.9 Å². The molecule has 42 heteroatoms. The lowest BCUT2D eigenvalue weighted by Gasteiger charge is -2.10. The van der Waals surface area contributed by atoms with Crippen molar-refractivity contribution in [1.29, 1.82) is 0 Å². The number of nitrogens with two attached hydrogens (primary N) is 12. The number of aliphatic hydroxyl groups is 5. The van der Waals surface area contributed by atoms with Crippen LogP contribution >= 0.6 is 23.5 Å². The predicted octanol–water partition coefficient (Wildman–Crippen LogP) is -2.85. The van der Waals surface area contributed by atoms with E-state index in [4.69, 9.17) is 178 Å². The van der Waals surface area contributed by atoms with Crippen LogP contribution in [0.4, 0.5) is 0 Å². The summed E-state index contributed by atoms with van der Waals surface area (Å²) in [6.45, 7) is 5.47. The number of phosphoric acid groups is 3. The van der Waals surface area contributed by atoms with Crippen molar-refractivity contribution in [3.63, 3.8) is 0 Å². The number of hydrogen-bond acceptors (Lipinski definition) is 27. The summed E-state index contributed by atoms with van der Waals surface area (Å²) in [4.78, 5) is 84.4. The number of phosphoric ester groups is 1. The van der Waals surface area contributed by atoms with Crippen LogP contribution in [0.15, 0.2) is 10.7 Å². The number of nitrogens with zero attached hydrogens (tertiary/aromatic N) is 3. The maximum Gasteiger partial charge on any atom is 0.469 e. The van der Waals surface area contributed by atoms with E-state index >= 15 is 0 Å². The van der Waals surface area contributed by atoms with Crippen molar-refractivity contribution in [2.45, 2.75) is 190 Å². The third kappa shape index (κ3) is 200. The minimum absolute atomic E-state index is 0.0407. The molecule has 0 radical (unpaired) electrons. The first-order chi connectivity index (χ1) is 39.1. The summed E-state index contributed by atoms with van der Waals surface area (Å²) in [5.41, 5.74) is 65.9. The molecule has 0 aliphatic heterocycles. The van der Waals surface area contributed by atoms with Crippen LogP contribution in [0.3, 0.4) is 0 Å². The van der Waals surface area contributed by atoms with Crippen LogP contribution in [0.2, 0.25) is 0 Å². The summed E-state index contributed by atoms with van der Waals surface area (Å²) in [5.74, 6) is 0. The molecule has 0 spiro atoms. The summed E-state index contributed by atoms with van der Waals surface area (Å²) >= 11 is 0. The minimum Gasteiger partial charge on any atom is -0.396 e. The fourth-order valence-corrected chi connectivity index (χ4v) is 5.81. The first kappa shape index (κ1) is 106. The van der Waals surface area contributed by atoms with Crippen LogP contribution in [0.5, 0.6) is 0 Å². The summed E-state index contributed by atoms with van der Waals surface area (Å²) in [5, 5.41) is 71.7. The first-order valence-corrected chi connectivity index (χ1v) is 31.5. The highest BCUT2D eigenvalue weighted by molar-refractivity contribution is 7.46. The van der Waals surface area contributed by atoms with Crippen molar-refractivity contribution in [3.8, 4) is 0 Å². The van der Waals surface area contributed by atoms with E-state index in [1.165, 1.54) is 10.7 Å². The van der Waals surface area contributed by atoms with Crippen LogP contribution < -0.4 is 68.8 Å². The van der Waals surface area contributed by atoms with Gasteiger partial charge < -0.3 is 149 Å². The maximum absolute atomic E-state index is 10.3. The molecule has 84 heavy (non-hydrogen) atoms. The summed E-state index contributed by atoms with van der Waals surface area (Å²) in [7, 11) is -13.6. The molecule has 0 aliphatic rings. The summed E-state index contributed by atoms with van der Waals surface area (Å²) in [6.07, 6.45) is 21.5. The molecule has 0 bridgehead atoms. The topological polar surface area (TPSA) is 798 Å². The molecule has 6 unspecified atom stereocenters. The van der Waals surface area contributed by atoms with E-state index in [1.54, 1.807) is 0 Å². The molecule has 0 saturated carbocycles. The van der Waals surface area contributed by atoms with Gasteiger partial charge >= 0.3 is 23.5 Å². The Balaban J connectivity index is -0.0000000796. The molecule has 0 amide bonds. The average Bonchev–Trinajstić information content (AvgIpc) is 3.39. The molecule has 0 fully saturated rings. The molecule has 0 aromatic carbocycles. The quantitative estimate of drug-likeness (QED) is 0.00972. The van der Waals surface area contributed by atoms with Gasteiger partial charge in [-0.25, -0.2) is 13.7 Å². The third-order valence-electron chi connectivity index (χ3n) is 9.32. The molecule has 0 rings (SSSR count). The molecule has 6 atom stereocenters. The molecule has 0 aromatic heterocycles. The maximum atomic E-state index is 10.3. The Kier molecular flexibility index (Phi) is 113. The van der Waals surface area contributed by atoms with E-state index in [9.17, 15) is 4.57 Å². The van der Waals surface area contributed by atoms with Gasteiger partial charge in [0.25, 0.3) is 5.09 Å². The number of rotatable bonds is 38. The van der Waals surface area contributed by atoms with E-state index in [0.29, 0.717) is 52.1 Å². The second-order valence-corrected chi connectivity index (χ2v) is 20.7. The highest BCUT2D eigenvalue weighted by atomic mass is 31.2. The first-order valence-electron chi connectivity index (χ1n) is 26.9. The van der Waals surface area contributed by atoms with Crippen molar-refractivity contribution in [2.24, 2.45) is 79.5 Å². The largest absolute Gasteiger partial charge is 0.469 e. The Morgan fingerprint density at radius 2 is 0.488 bits per heavy atom. The Morgan fingerprint density at radius 3 is 0.595 bits per heavy atom. The monoisotopic (exact) mass is 1310 g/mol. The van der Waals surface area contributed by atoms with Crippen LogP contribution in [-0.2, 0) is 18.2 Å². The van der Waals surface area contributed by atoms with E-state index in [-0.39, 0.29) is 75.9 Å². The predicted molar refractivity (Wildman–Crippen MR) is 319 cm³/mol. The van der Waals surface area contributed by atoms with Gasteiger partial charge in [-0.1, -0.05) is 0 Å². The second kappa shape index (κ2) is 89.4. The van der Waals surface area contributed by atoms with E-state index in [2.05, 4.69) is 4.52 Å². The second-order valence-electron chi connectivity index (χ2n) is 17.4. The normalized spacial score (nSPS) is 12.4. The van der Waals surface area contributed by atoms with Gasteiger partial charge in [-0.05, 0) is 193 Å². The third-order valence-corrected chi connectivity index (χ3v) is 9.84. The number of hydrogen-bond donors (Lipinski definition) is 28. The van der Waals surface area contributed by atoms with Crippen molar-refractivity contribution >= 4 is 23.5 Å². The average molecular weight is 1310 g/mol. The standard InChI is InChI=1S/C7H19N2O4P.5C7H18N2O.HNO3.2HNO2.2H3O4P/c8-5-1-3-7(9)4-2-6-13-14(10,11)12;5*8-5-1-3-7(9)4-2-6-10;2-1(3)4;2*2-1-3;2*1-5(2,3)4/h7H,1-6,8-9H2,(H2,10,11,12);5*7,10H,1-6,8-9H2;(H,2,3,4);2*(H,2,3);2*(H3,1,2,3,4). The zero-order chi connectivity index (χ0) is 68.1. The van der Waals surface area contributed by atoms with Crippen molar-refractivity contribution in [2.75, 3.05) is 78.9 Å². The van der Waals surface area contributed by atoms with E-state index < -0.39 is 28.6 Å². The van der Waals surface area contributed by atoms with Gasteiger partial charge in [-0.3, -0.25) is 4.52 Å². The summed E-state index contributed by atoms with van der Waals surface area (Å²) in [6, 6.07) is 1.20. The van der Waals surface area contributed by atoms with Crippen molar-refractivity contribution < 1.29 is 104 Å². The lowest BCUT2D eigenvalue weighted by atomic mass is 10.1. The Labute approximate surface area is 494 Å².